The Kier molecular flexibility index (Phi) is 5.41. The highest BCUT2D eigenvalue weighted by atomic mass is 16.2. The Morgan fingerprint density at radius 1 is 0.357 bits per heavy atom. The summed E-state index contributed by atoms with van der Waals surface area (Å²) in [5, 5.41) is 4.51. The molecule has 8 aromatic rings. The highest BCUT2D eigenvalue weighted by Crippen LogP contribution is 2.36. The number of aromatic nitrogens is 2. The summed E-state index contributed by atoms with van der Waals surface area (Å²) in [6, 6.07) is 47.7. The summed E-state index contributed by atoms with van der Waals surface area (Å²) in [7, 11) is 0. The molecular formula is C38H24N2O2. The van der Waals surface area contributed by atoms with E-state index in [-0.39, 0.29) is 0 Å². The van der Waals surface area contributed by atoms with Crippen LogP contribution in [0.1, 0.15) is 20.7 Å². The molecule has 0 amide bonds. The number of Topliss-reactive ketones (excluding diaryl/α,β-unsaturated/α-hetero) is 2. The molecule has 0 bridgehead atoms. The quantitative estimate of drug-likeness (QED) is 0.162. The van der Waals surface area contributed by atoms with Gasteiger partial charge in [-0.3, -0.25) is 9.59 Å². The van der Waals surface area contributed by atoms with Gasteiger partial charge in [0.15, 0.2) is 0 Å². The van der Waals surface area contributed by atoms with E-state index in [0.717, 1.165) is 55.0 Å². The number of rotatable bonds is 5. The smallest absolute Gasteiger partial charge is 0.233 e. The number of benzene rings is 6. The van der Waals surface area contributed by atoms with Crippen LogP contribution < -0.4 is 0 Å². The molecule has 0 spiro atoms. The Morgan fingerprint density at radius 3 is 1.10 bits per heavy atom. The molecule has 0 unspecified atom stereocenters. The molecule has 42 heavy (non-hydrogen) atoms. The summed E-state index contributed by atoms with van der Waals surface area (Å²) < 4.78 is 4.37. The molecule has 2 aromatic heterocycles. The van der Waals surface area contributed by atoms with Crippen molar-refractivity contribution in [1.82, 2.24) is 9.13 Å². The second kappa shape index (κ2) is 9.43. The van der Waals surface area contributed by atoms with Gasteiger partial charge in [0, 0.05) is 44.0 Å². The van der Waals surface area contributed by atoms with Crippen molar-refractivity contribution in [2.75, 3.05) is 0 Å². The van der Waals surface area contributed by atoms with Gasteiger partial charge in [-0.25, -0.2) is 0 Å². The van der Waals surface area contributed by atoms with Crippen LogP contribution in [0, 0.1) is 0 Å². The maximum atomic E-state index is 13.9. The zero-order valence-electron chi connectivity index (χ0n) is 22.6. The number of hydrogen-bond donors (Lipinski definition) is 0. The van der Waals surface area contributed by atoms with Crippen molar-refractivity contribution in [2.24, 2.45) is 0 Å². The van der Waals surface area contributed by atoms with Crippen LogP contribution in [0.4, 0.5) is 0 Å². The van der Waals surface area contributed by atoms with Crippen LogP contribution in [0.2, 0.25) is 0 Å². The maximum absolute atomic E-state index is 13.9. The first-order valence-electron chi connectivity index (χ1n) is 14.0. The van der Waals surface area contributed by atoms with E-state index >= 15 is 0 Å². The van der Waals surface area contributed by atoms with Crippen molar-refractivity contribution in [3.05, 3.63) is 157 Å². The van der Waals surface area contributed by atoms with Gasteiger partial charge >= 0.3 is 0 Å². The molecule has 0 radical (unpaired) electrons. The minimum Gasteiger partial charge on any atom is -0.309 e. The van der Waals surface area contributed by atoms with Crippen LogP contribution in [0.25, 0.3) is 55.0 Å². The average Bonchev–Trinajstić information content (AvgIpc) is 3.57. The van der Waals surface area contributed by atoms with Crippen molar-refractivity contribution in [3.63, 3.8) is 0 Å². The molecule has 0 atom stereocenters. The van der Waals surface area contributed by atoms with Crippen LogP contribution in [0.5, 0.6) is 0 Å². The standard InChI is InChI=1S/C38H24N2O2/c41-37(25-12-2-1-3-13-25)38(42)26-22-27(39-33-18-8-4-14-29(33)30-15-5-9-19-34(30)39)24-28(23-26)40-35-20-10-6-16-31(35)32-17-7-11-21-36(32)40/h1-24H. The van der Waals surface area contributed by atoms with E-state index in [1.807, 2.05) is 66.7 Å². The van der Waals surface area contributed by atoms with Gasteiger partial charge in [-0.15, -0.1) is 0 Å². The number of nitrogens with zero attached hydrogens (tertiary/aromatic N) is 2. The SMILES string of the molecule is O=C(C(=O)c1cc(-n2c3ccccc3c3ccccc32)cc(-n2c3ccccc3c3ccccc32)c1)c1ccccc1. The number of carbonyl (C=O) groups excluding carboxylic acids is 2. The van der Waals surface area contributed by atoms with Crippen molar-refractivity contribution in [2.45, 2.75) is 0 Å². The minimum atomic E-state index is -0.536. The molecule has 0 aliphatic heterocycles. The number of fused-ring (bicyclic) bond motifs is 6. The van der Waals surface area contributed by atoms with E-state index in [4.69, 9.17) is 0 Å². The maximum Gasteiger partial charge on any atom is 0.233 e. The molecular weight excluding hydrogens is 516 g/mol. The molecule has 2 heterocycles. The summed E-state index contributed by atoms with van der Waals surface area (Å²) >= 11 is 0. The van der Waals surface area contributed by atoms with Gasteiger partial charge in [0.05, 0.1) is 22.1 Å². The fraction of sp³-hybridized carbons (Fsp3) is 0. The lowest BCUT2D eigenvalue weighted by molar-refractivity contribution is 0.0817. The van der Waals surface area contributed by atoms with Gasteiger partial charge in [-0.1, -0.05) is 103 Å². The van der Waals surface area contributed by atoms with E-state index < -0.39 is 11.6 Å². The largest absolute Gasteiger partial charge is 0.309 e. The Labute approximate surface area is 241 Å². The Morgan fingerprint density at radius 2 is 0.690 bits per heavy atom. The zero-order valence-corrected chi connectivity index (χ0v) is 22.6. The van der Waals surface area contributed by atoms with E-state index in [0.29, 0.717) is 11.1 Å². The highest BCUT2D eigenvalue weighted by Gasteiger charge is 2.22. The van der Waals surface area contributed by atoms with E-state index in [2.05, 4.69) is 63.7 Å². The summed E-state index contributed by atoms with van der Waals surface area (Å²) in [6.45, 7) is 0. The fourth-order valence-corrected chi connectivity index (χ4v) is 6.24. The molecule has 6 aromatic carbocycles. The Bertz CT molecular complexity index is 2100. The molecule has 8 rings (SSSR count). The van der Waals surface area contributed by atoms with Crippen LogP contribution in [0.15, 0.2) is 146 Å². The molecule has 0 saturated heterocycles. The van der Waals surface area contributed by atoms with Crippen molar-refractivity contribution in [3.8, 4) is 11.4 Å². The first-order chi connectivity index (χ1) is 20.7. The fourth-order valence-electron chi connectivity index (χ4n) is 6.24. The van der Waals surface area contributed by atoms with Gasteiger partial charge in [0.2, 0.25) is 11.6 Å². The van der Waals surface area contributed by atoms with Gasteiger partial charge in [0.1, 0.15) is 0 Å². The number of hydrogen-bond acceptors (Lipinski definition) is 2. The predicted octanol–water partition coefficient (Wildman–Crippen LogP) is 8.95. The lowest BCUT2D eigenvalue weighted by Crippen LogP contribution is -2.15. The van der Waals surface area contributed by atoms with Gasteiger partial charge in [-0.05, 0) is 42.5 Å². The molecule has 0 aliphatic rings. The Hall–Kier alpha value is -5.74. The molecule has 0 fully saturated rings. The third-order valence-corrected chi connectivity index (χ3v) is 8.08. The molecule has 0 saturated carbocycles. The molecule has 0 aliphatic carbocycles. The van der Waals surface area contributed by atoms with Crippen LogP contribution in [-0.4, -0.2) is 20.7 Å². The third-order valence-electron chi connectivity index (χ3n) is 8.08. The van der Waals surface area contributed by atoms with E-state index in [1.165, 1.54) is 0 Å². The normalized spacial score (nSPS) is 11.5. The summed E-state index contributed by atoms with van der Waals surface area (Å²) in [5.41, 5.74) is 6.49. The topological polar surface area (TPSA) is 44.0 Å². The highest BCUT2D eigenvalue weighted by molar-refractivity contribution is 6.49. The molecule has 4 heteroatoms. The van der Waals surface area contributed by atoms with Crippen LogP contribution in [-0.2, 0) is 0 Å². The van der Waals surface area contributed by atoms with Gasteiger partial charge < -0.3 is 9.13 Å². The van der Waals surface area contributed by atoms with Crippen LogP contribution in [0.3, 0.4) is 0 Å². The average molecular weight is 541 g/mol. The molecule has 0 N–H and O–H groups in total. The zero-order chi connectivity index (χ0) is 28.2. The summed E-state index contributed by atoms with van der Waals surface area (Å²) in [4.78, 5) is 27.3. The van der Waals surface area contributed by atoms with E-state index in [1.54, 1.807) is 24.3 Å². The second-order valence-electron chi connectivity index (χ2n) is 10.5. The van der Waals surface area contributed by atoms with Gasteiger partial charge in [-0.2, -0.15) is 0 Å². The lowest BCUT2D eigenvalue weighted by Gasteiger charge is -2.15. The number of para-hydroxylation sites is 4. The molecule has 198 valence electrons. The minimum absolute atomic E-state index is 0.347. The molecule has 4 nitrogen and oxygen atoms in total. The van der Waals surface area contributed by atoms with Crippen molar-refractivity contribution < 1.29 is 9.59 Å². The Balaban J connectivity index is 1.45. The van der Waals surface area contributed by atoms with Gasteiger partial charge in [0.25, 0.3) is 0 Å². The first-order valence-corrected chi connectivity index (χ1v) is 14.0. The number of carbonyl (C=O) groups is 2. The van der Waals surface area contributed by atoms with Crippen molar-refractivity contribution >= 4 is 55.2 Å². The predicted molar refractivity (Wildman–Crippen MR) is 170 cm³/mol. The lowest BCUT2D eigenvalue weighted by atomic mass is 10.0. The van der Waals surface area contributed by atoms with E-state index in [9.17, 15) is 9.59 Å². The third kappa shape index (κ3) is 3.62. The number of ketones is 2. The second-order valence-corrected chi connectivity index (χ2v) is 10.5. The van der Waals surface area contributed by atoms with Crippen LogP contribution >= 0.6 is 0 Å². The first kappa shape index (κ1) is 24.1. The monoisotopic (exact) mass is 540 g/mol. The summed E-state index contributed by atoms with van der Waals surface area (Å²) in [6.07, 6.45) is 0. The van der Waals surface area contributed by atoms with Crippen molar-refractivity contribution in [1.29, 1.82) is 0 Å². The summed E-state index contributed by atoms with van der Waals surface area (Å²) in [5.74, 6) is -1.06.